The molecule has 2 fully saturated rings. The lowest BCUT2D eigenvalue weighted by Crippen LogP contribution is -2.44. The smallest absolute Gasteiger partial charge is 0.327 e. The van der Waals surface area contributed by atoms with Crippen LogP contribution in [0.15, 0.2) is 22.8 Å². The van der Waals surface area contributed by atoms with E-state index in [4.69, 9.17) is 4.42 Å². The Kier molecular flexibility index (Phi) is 6.64. The molecule has 152 valence electrons. The molecule has 1 saturated heterocycles. The van der Waals surface area contributed by atoms with Crippen molar-refractivity contribution >= 4 is 38.4 Å². The first kappa shape index (κ1) is 19.8. The number of nitrogens with one attached hydrogen (secondary N) is 1. The van der Waals surface area contributed by atoms with Gasteiger partial charge in [0.15, 0.2) is 0 Å². The van der Waals surface area contributed by atoms with E-state index in [0.717, 1.165) is 16.1 Å². The Morgan fingerprint density at radius 1 is 1.25 bits per heavy atom. The van der Waals surface area contributed by atoms with Crippen LogP contribution in [0.3, 0.4) is 0 Å². The van der Waals surface area contributed by atoms with Gasteiger partial charge in [-0.05, 0) is 25.0 Å². The van der Waals surface area contributed by atoms with E-state index in [0.29, 0.717) is 30.7 Å². The highest BCUT2D eigenvalue weighted by atomic mass is 79.9. The lowest BCUT2D eigenvalue weighted by Gasteiger charge is -2.20. The first-order valence-corrected chi connectivity index (χ1v) is 11.9. The standard InChI is InChI=1S/C19H26BrN5O2S/c20-9-10-24-13-16(21-12-15-8-5-11-27-15)25(19(24)26)18-23-22-17(28-18)14-6-3-1-2-4-7-14/h5,8,11,14,16,21H,1-4,6-7,9-10,12-13H2. The van der Waals surface area contributed by atoms with Crippen molar-refractivity contribution in [1.82, 2.24) is 20.4 Å². The van der Waals surface area contributed by atoms with Gasteiger partial charge in [0.1, 0.15) is 16.9 Å². The topological polar surface area (TPSA) is 74.5 Å². The third-order valence-electron chi connectivity index (χ3n) is 5.47. The summed E-state index contributed by atoms with van der Waals surface area (Å²) in [4.78, 5) is 16.6. The fourth-order valence-corrected chi connectivity index (χ4v) is 5.45. The quantitative estimate of drug-likeness (QED) is 0.484. The monoisotopic (exact) mass is 467 g/mol. The molecule has 1 aliphatic heterocycles. The van der Waals surface area contributed by atoms with Crippen LogP contribution < -0.4 is 10.2 Å². The lowest BCUT2D eigenvalue weighted by molar-refractivity contribution is 0.223. The van der Waals surface area contributed by atoms with Crippen molar-refractivity contribution in [3.05, 3.63) is 29.2 Å². The molecule has 3 heterocycles. The maximum Gasteiger partial charge on any atom is 0.327 e. The molecule has 4 rings (SSSR count). The molecule has 0 aromatic carbocycles. The van der Waals surface area contributed by atoms with Crippen LogP contribution in [0.1, 0.15) is 55.2 Å². The number of rotatable bonds is 7. The number of anilines is 1. The highest BCUT2D eigenvalue weighted by molar-refractivity contribution is 9.09. The van der Waals surface area contributed by atoms with Crippen LogP contribution in [0.25, 0.3) is 0 Å². The second-order valence-electron chi connectivity index (χ2n) is 7.37. The molecule has 1 N–H and O–H groups in total. The van der Waals surface area contributed by atoms with Gasteiger partial charge in [-0.3, -0.25) is 10.2 Å². The van der Waals surface area contributed by atoms with E-state index >= 15 is 0 Å². The number of carbonyl (C=O) groups is 1. The molecular formula is C19H26BrN5O2S. The van der Waals surface area contributed by atoms with Crippen molar-refractivity contribution in [2.24, 2.45) is 0 Å². The van der Waals surface area contributed by atoms with Crippen LogP contribution in [0.5, 0.6) is 0 Å². The zero-order valence-electron chi connectivity index (χ0n) is 15.8. The largest absolute Gasteiger partial charge is 0.468 e. The van der Waals surface area contributed by atoms with Crippen molar-refractivity contribution in [2.75, 3.05) is 23.3 Å². The Morgan fingerprint density at radius 3 is 2.79 bits per heavy atom. The first-order valence-electron chi connectivity index (χ1n) is 9.99. The minimum absolute atomic E-state index is 0.0139. The van der Waals surface area contributed by atoms with Gasteiger partial charge in [0, 0.05) is 17.8 Å². The van der Waals surface area contributed by atoms with Gasteiger partial charge in [-0.2, -0.15) is 0 Å². The van der Waals surface area contributed by atoms with Gasteiger partial charge in [-0.15, -0.1) is 10.2 Å². The minimum atomic E-state index is -0.147. The number of aromatic nitrogens is 2. The molecule has 0 bridgehead atoms. The summed E-state index contributed by atoms with van der Waals surface area (Å²) in [5.74, 6) is 1.34. The Labute approximate surface area is 177 Å². The van der Waals surface area contributed by atoms with Crippen molar-refractivity contribution in [1.29, 1.82) is 0 Å². The average molecular weight is 468 g/mol. The Bertz CT molecular complexity index is 760. The number of halogens is 1. The van der Waals surface area contributed by atoms with E-state index < -0.39 is 0 Å². The maximum absolute atomic E-state index is 13.0. The number of amides is 2. The van der Waals surface area contributed by atoms with E-state index in [1.807, 2.05) is 17.0 Å². The maximum atomic E-state index is 13.0. The van der Waals surface area contributed by atoms with Crippen LogP contribution in [0, 0.1) is 0 Å². The summed E-state index contributed by atoms with van der Waals surface area (Å²) in [5.41, 5.74) is 0. The summed E-state index contributed by atoms with van der Waals surface area (Å²) in [5, 5.41) is 14.9. The van der Waals surface area contributed by atoms with Gasteiger partial charge in [0.05, 0.1) is 19.4 Å². The van der Waals surface area contributed by atoms with E-state index in [1.54, 1.807) is 22.5 Å². The molecule has 0 radical (unpaired) electrons. The summed E-state index contributed by atoms with van der Waals surface area (Å²) in [6.07, 6.45) is 9.02. The summed E-state index contributed by atoms with van der Waals surface area (Å²) in [7, 11) is 0. The van der Waals surface area contributed by atoms with Crippen molar-refractivity contribution in [3.8, 4) is 0 Å². The fraction of sp³-hybridized carbons (Fsp3) is 0.632. The molecule has 2 amide bonds. The molecule has 0 spiro atoms. The van der Waals surface area contributed by atoms with Gasteiger partial charge in [-0.1, -0.05) is 53.0 Å². The summed E-state index contributed by atoms with van der Waals surface area (Å²) < 4.78 is 5.42. The SMILES string of the molecule is O=C1N(CCBr)CC(NCc2ccco2)N1c1nnc(C2CCCCCC2)s1. The third kappa shape index (κ3) is 4.41. The van der Waals surface area contributed by atoms with Gasteiger partial charge >= 0.3 is 6.03 Å². The van der Waals surface area contributed by atoms with E-state index in [1.165, 1.54) is 38.5 Å². The number of furan rings is 1. The average Bonchev–Trinajstić information content (AvgIpc) is 3.39. The van der Waals surface area contributed by atoms with Gasteiger partial charge in [0.2, 0.25) is 5.13 Å². The zero-order chi connectivity index (χ0) is 19.3. The van der Waals surface area contributed by atoms with E-state index in [9.17, 15) is 4.79 Å². The highest BCUT2D eigenvalue weighted by Crippen LogP contribution is 2.36. The van der Waals surface area contributed by atoms with Gasteiger partial charge in [-0.25, -0.2) is 4.79 Å². The Balaban J connectivity index is 1.51. The molecule has 7 nitrogen and oxygen atoms in total. The second kappa shape index (κ2) is 9.37. The van der Waals surface area contributed by atoms with Crippen molar-refractivity contribution in [3.63, 3.8) is 0 Å². The number of hydrogen-bond acceptors (Lipinski definition) is 6. The van der Waals surface area contributed by atoms with E-state index in [2.05, 4.69) is 31.4 Å². The normalized spacial score (nSPS) is 21.5. The van der Waals surface area contributed by atoms with E-state index in [-0.39, 0.29) is 12.2 Å². The number of carbonyl (C=O) groups excluding carboxylic acids is 1. The molecule has 1 atom stereocenters. The third-order valence-corrected chi connectivity index (χ3v) is 6.91. The molecule has 2 aliphatic rings. The molecule has 1 aliphatic carbocycles. The number of urea groups is 1. The van der Waals surface area contributed by atoms with Crippen LogP contribution in [-0.2, 0) is 6.54 Å². The molecule has 2 aromatic rings. The zero-order valence-corrected chi connectivity index (χ0v) is 18.3. The molecule has 1 saturated carbocycles. The molecule has 9 heteroatoms. The van der Waals surface area contributed by atoms with Crippen molar-refractivity contribution < 1.29 is 9.21 Å². The van der Waals surface area contributed by atoms with Gasteiger partial charge in [0.25, 0.3) is 0 Å². The minimum Gasteiger partial charge on any atom is -0.468 e. The Morgan fingerprint density at radius 2 is 2.07 bits per heavy atom. The summed E-state index contributed by atoms with van der Waals surface area (Å²) in [6.45, 7) is 1.85. The molecule has 28 heavy (non-hydrogen) atoms. The van der Waals surface area contributed by atoms with Crippen LogP contribution in [0.4, 0.5) is 9.93 Å². The highest BCUT2D eigenvalue weighted by Gasteiger charge is 2.40. The molecule has 1 unspecified atom stereocenters. The first-order chi connectivity index (χ1) is 13.8. The second-order valence-corrected chi connectivity index (χ2v) is 9.16. The van der Waals surface area contributed by atoms with Crippen molar-refractivity contribution in [2.45, 2.75) is 57.2 Å². The number of alkyl halides is 1. The summed E-state index contributed by atoms with van der Waals surface area (Å²) >= 11 is 5.02. The molecular weight excluding hydrogens is 442 g/mol. The predicted molar refractivity (Wildman–Crippen MR) is 113 cm³/mol. The molecule has 2 aromatic heterocycles. The number of nitrogens with zero attached hydrogens (tertiary/aromatic N) is 4. The summed E-state index contributed by atoms with van der Waals surface area (Å²) in [6, 6.07) is 3.79. The van der Waals surface area contributed by atoms with Crippen LogP contribution in [0.2, 0.25) is 0 Å². The number of hydrogen-bond donors (Lipinski definition) is 1. The fourth-order valence-electron chi connectivity index (χ4n) is 3.96. The predicted octanol–water partition coefficient (Wildman–Crippen LogP) is 4.32. The van der Waals surface area contributed by atoms with Crippen LogP contribution in [-0.4, -0.2) is 45.7 Å². The van der Waals surface area contributed by atoms with Gasteiger partial charge < -0.3 is 9.32 Å². The Hall–Kier alpha value is -1.45. The van der Waals surface area contributed by atoms with Crippen LogP contribution >= 0.6 is 27.3 Å². The lowest BCUT2D eigenvalue weighted by atomic mass is 10.0.